The summed E-state index contributed by atoms with van der Waals surface area (Å²) < 4.78 is 1.92. The maximum Gasteiger partial charge on any atom is 0.155 e. The minimum Gasteiger partial charge on any atom is -0.384 e. The molecule has 4 rings (SSSR count). The van der Waals surface area contributed by atoms with Gasteiger partial charge in [0.1, 0.15) is 11.4 Å². The van der Waals surface area contributed by atoms with Crippen LogP contribution in [0.5, 0.6) is 0 Å². The van der Waals surface area contributed by atoms with Crippen molar-refractivity contribution < 1.29 is 5.11 Å². The van der Waals surface area contributed by atoms with Gasteiger partial charge in [0.2, 0.25) is 0 Å². The van der Waals surface area contributed by atoms with Crippen molar-refractivity contribution in [1.29, 1.82) is 0 Å². The van der Waals surface area contributed by atoms with Crippen molar-refractivity contribution in [3.05, 3.63) is 42.5 Å². The molecule has 3 aromatic heterocycles. The van der Waals surface area contributed by atoms with Crippen LogP contribution in [-0.2, 0) is 5.60 Å². The summed E-state index contributed by atoms with van der Waals surface area (Å²) in [5.74, 6) is 0.859. The number of anilines is 1. The first kappa shape index (κ1) is 16.0. The summed E-state index contributed by atoms with van der Waals surface area (Å²) in [6.07, 6.45) is 6.37. The van der Waals surface area contributed by atoms with E-state index in [1.807, 2.05) is 28.8 Å². The topological polar surface area (TPSA) is 87.4 Å². The summed E-state index contributed by atoms with van der Waals surface area (Å²) >= 11 is 0. The van der Waals surface area contributed by atoms with E-state index in [1.54, 1.807) is 26.2 Å². The first-order valence-electron chi connectivity index (χ1n) is 8.51. The van der Waals surface area contributed by atoms with E-state index in [-0.39, 0.29) is 0 Å². The smallest absolute Gasteiger partial charge is 0.155 e. The van der Waals surface area contributed by atoms with Gasteiger partial charge in [0.25, 0.3) is 0 Å². The Morgan fingerprint density at radius 1 is 1.28 bits per heavy atom. The molecule has 3 N–H and O–H groups in total. The van der Waals surface area contributed by atoms with Gasteiger partial charge >= 0.3 is 0 Å². The van der Waals surface area contributed by atoms with Crippen molar-refractivity contribution >= 4 is 11.5 Å². The van der Waals surface area contributed by atoms with E-state index in [0.29, 0.717) is 11.7 Å². The standard InChI is InChI=1S/C18H22N6O/c1-18(2,25)15-11-24-14(9-21-17(24)10-20-15)13-4-3-5-16(23-13)22-12-6-7-19-8-12/h3-5,9-12,19,25H,6-8H2,1-2H3,(H,22,23)/t12-/m1/s1. The van der Waals surface area contributed by atoms with Crippen molar-refractivity contribution in [2.75, 3.05) is 18.4 Å². The first-order chi connectivity index (χ1) is 12.0. The molecule has 1 fully saturated rings. The van der Waals surface area contributed by atoms with Gasteiger partial charge in [0, 0.05) is 18.8 Å². The molecular weight excluding hydrogens is 316 g/mol. The monoisotopic (exact) mass is 338 g/mol. The average molecular weight is 338 g/mol. The number of pyridine rings is 1. The SMILES string of the molecule is CC(C)(O)c1cn2c(-c3cccc(N[C@@H]4CCNC4)n3)cnc2cn1. The summed E-state index contributed by atoms with van der Waals surface area (Å²) in [6.45, 7) is 5.44. The first-order valence-corrected chi connectivity index (χ1v) is 8.51. The van der Waals surface area contributed by atoms with Crippen LogP contribution in [0.4, 0.5) is 5.82 Å². The molecule has 0 spiro atoms. The highest BCUT2D eigenvalue weighted by Crippen LogP contribution is 2.23. The molecule has 0 unspecified atom stereocenters. The summed E-state index contributed by atoms with van der Waals surface area (Å²) in [4.78, 5) is 13.4. The van der Waals surface area contributed by atoms with Gasteiger partial charge in [-0.2, -0.15) is 0 Å². The number of hydrogen-bond donors (Lipinski definition) is 3. The molecule has 0 aliphatic carbocycles. The summed E-state index contributed by atoms with van der Waals surface area (Å²) in [5, 5.41) is 17.0. The number of aliphatic hydroxyl groups is 1. The molecule has 7 heteroatoms. The Morgan fingerprint density at radius 3 is 2.92 bits per heavy atom. The lowest BCUT2D eigenvalue weighted by Crippen LogP contribution is -2.22. The van der Waals surface area contributed by atoms with Gasteiger partial charge in [-0.3, -0.25) is 9.38 Å². The maximum atomic E-state index is 10.2. The Hall–Kier alpha value is -2.51. The number of hydrogen-bond acceptors (Lipinski definition) is 6. The molecule has 3 aromatic rings. The molecule has 0 saturated carbocycles. The normalized spacial score (nSPS) is 18.0. The lowest BCUT2D eigenvalue weighted by atomic mass is 10.1. The molecule has 0 amide bonds. The third-order valence-corrected chi connectivity index (χ3v) is 4.45. The highest BCUT2D eigenvalue weighted by Gasteiger charge is 2.20. The van der Waals surface area contributed by atoms with Gasteiger partial charge in [0.05, 0.1) is 29.5 Å². The zero-order valence-corrected chi connectivity index (χ0v) is 14.4. The van der Waals surface area contributed by atoms with Gasteiger partial charge in [-0.05, 0) is 38.9 Å². The fourth-order valence-corrected chi connectivity index (χ4v) is 3.04. The Morgan fingerprint density at radius 2 is 2.16 bits per heavy atom. The van der Waals surface area contributed by atoms with Gasteiger partial charge in [-0.1, -0.05) is 6.07 Å². The van der Waals surface area contributed by atoms with E-state index in [9.17, 15) is 5.11 Å². The van der Waals surface area contributed by atoms with E-state index in [4.69, 9.17) is 4.98 Å². The van der Waals surface area contributed by atoms with E-state index in [0.717, 1.165) is 42.4 Å². The second kappa shape index (κ2) is 6.09. The van der Waals surface area contributed by atoms with Crippen molar-refractivity contribution in [2.24, 2.45) is 0 Å². The molecule has 1 aliphatic rings. The van der Waals surface area contributed by atoms with Crippen LogP contribution in [-0.4, -0.2) is 43.6 Å². The van der Waals surface area contributed by atoms with Crippen LogP contribution in [0.25, 0.3) is 17.0 Å². The Kier molecular flexibility index (Phi) is 3.89. The molecule has 0 radical (unpaired) electrons. The Bertz CT molecular complexity index is 892. The van der Waals surface area contributed by atoms with Crippen LogP contribution in [0.3, 0.4) is 0 Å². The molecule has 1 saturated heterocycles. The fourth-order valence-electron chi connectivity index (χ4n) is 3.04. The molecule has 7 nitrogen and oxygen atoms in total. The van der Waals surface area contributed by atoms with E-state index < -0.39 is 5.60 Å². The number of nitrogens with zero attached hydrogens (tertiary/aromatic N) is 4. The number of imidazole rings is 1. The zero-order valence-electron chi connectivity index (χ0n) is 14.4. The lowest BCUT2D eigenvalue weighted by molar-refractivity contribution is 0.0734. The molecule has 0 bridgehead atoms. The second-order valence-electron chi connectivity index (χ2n) is 6.95. The van der Waals surface area contributed by atoms with Crippen LogP contribution in [0.1, 0.15) is 26.0 Å². The van der Waals surface area contributed by atoms with E-state index in [1.165, 1.54) is 0 Å². The number of aromatic nitrogens is 4. The zero-order chi connectivity index (χ0) is 17.4. The highest BCUT2D eigenvalue weighted by atomic mass is 16.3. The summed E-state index contributed by atoms with van der Waals surface area (Å²) in [5.41, 5.74) is 2.00. The maximum absolute atomic E-state index is 10.2. The third kappa shape index (κ3) is 3.20. The summed E-state index contributed by atoms with van der Waals surface area (Å²) in [7, 11) is 0. The van der Waals surface area contributed by atoms with E-state index >= 15 is 0 Å². The Labute approximate surface area is 146 Å². The van der Waals surface area contributed by atoms with Crippen molar-refractivity contribution in [3.63, 3.8) is 0 Å². The third-order valence-electron chi connectivity index (χ3n) is 4.45. The number of rotatable bonds is 4. The second-order valence-corrected chi connectivity index (χ2v) is 6.95. The van der Waals surface area contributed by atoms with Crippen molar-refractivity contribution in [2.45, 2.75) is 31.9 Å². The molecule has 130 valence electrons. The lowest BCUT2D eigenvalue weighted by Gasteiger charge is -2.16. The van der Waals surface area contributed by atoms with Crippen LogP contribution in [0.15, 0.2) is 36.8 Å². The van der Waals surface area contributed by atoms with Crippen LogP contribution >= 0.6 is 0 Å². The predicted octanol–water partition coefficient (Wildman–Crippen LogP) is 1.79. The largest absolute Gasteiger partial charge is 0.384 e. The Balaban J connectivity index is 1.71. The molecule has 1 atom stereocenters. The van der Waals surface area contributed by atoms with Crippen molar-refractivity contribution in [1.82, 2.24) is 24.7 Å². The van der Waals surface area contributed by atoms with Crippen LogP contribution < -0.4 is 10.6 Å². The van der Waals surface area contributed by atoms with Gasteiger partial charge in [-0.15, -0.1) is 0 Å². The fraction of sp³-hybridized carbons (Fsp3) is 0.389. The predicted molar refractivity (Wildman–Crippen MR) is 96.4 cm³/mol. The number of nitrogens with one attached hydrogen (secondary N) is 2. The van der Waals surface area contributed by atoms with Gasteiger partial charge < -0.3 is 15.7 Å². The van der Waals surface area contributed by atoms with Crippen LogP contribution in [0.2, 0.25) is 0 Å². The number of fused-ring (bicyclic) bond motifs is 1. The van der Waals surface area contributed by atoms with E-state index in [2.05, 4.69) is 20.6 Å². The molecule has 1 aliphatic heterocycles. The molecular formula is C18H22N6O. The van der Waals surface area contributed by atoms with Gasteiger partial charge in [-0.25, -0.2) is 9.97 Å². The minimum atomic E-state index is -1.01. The molecule has 4 heterocycles. The minimum absolute atomic E-state index is 0.413. The molecule has 25 heavy (non-hydrogen) atoms. The highest BCUT2D eigenvalue weighted by molar-refractivity contribution is 5.61. The van der Waals surface area contributed by atoms with Crippen LogP contribution in [0, 0.1) is 0 Å². The van der Waals surface area contributed by atoms with Gasteiger partial charge in [0.15, 0.2) is 5.65 Å². The molecule has 0 aromatic carbocycles. The van der Waals surface area contributed by atoms with Crippen molar-refractivity contribution in [3.8, 4) is 11.4 Å². The quantitative estimate of drug-likeness (QED) is 0.672. The average Bonchev–Trinajstić information content (AvgIpc) is 3.23. The summed E-state index contributed by atoms with van der Waals surface area (Å²) in [6, 6.07) is 6.35.